The fourth-order valence-corrected chi connectivity index (χ4v) is 4.80. The molecule has 5 rings (SSSR count). The van der Waals surface area contributed by atoms with E-state index in [1.807, 2.05) is 36.4 Å². The Morgan fingerprint density at radius 3 is 2.32 bits per heavy atom. The summed E-state index contributed by atoms with van der Waals surface area (Å²) in [5, 5.41) is 9.04. The Bertz CT molecular complexity index is 1120. The van der Waals surface area contributed by atoms with Gasteiger partial charge in [-0.3, -0.25) is 9.69 Å². The summed E-state index contributed by atoms with van der Waals surface area (Å²) < 4.78 is 5.82. The molecular weight excluding hydrogens is 390 g/mol. The number of nitrogens with zero attached hydrogens (tertiary/aromatic N) is 1. The average Bonchev–Trinajstić information content (AvgIpc) is 3.10. The highest BCUT2D eigenvalue weighted by Crippen LogP contribution is 2.44. The number of rotatable bonds is 4. The summed E-state index contributed by atoms with van der Waals surface area (Å²) in [6, 6.07) is 22.1. The first kappa shape index (κ1) is 19.4. The summed E-state index contributed by atoms with van der Waals surface area (Å²) in [5.41, 5.74) is 7.35. The van der Waals surface area contributed by atoms with Crippen molar-refractivity contribution in [3.05, 3.63) is 89.0 Å². The Labute approximate surface area is 180 Å². The normalized spacial score (nSPS) is 14.5. The molecule has 0 bridgehead atoms. The van der Waals surface area contributed by atoms with E-state index in [4.69, 9.17) is 9.84 Å². The molecule has 2 aliphatic rings. The van der Waals surface area contributed by atoms with Gasteiger partial charge in [-0.1, -0.05) is 60.7 Å². The zero-order valence-corrected chi connectivity index (χ0v) is 17.1. The number of hydrogen-bond donors (Lipinski definition) is 1. The van der Waals surface area contributed by atoms with Crippen molar-refractivity contribution in [1.82, 2.24) is 0 Å². The van der Waals surface area contributed by atoms with Crippen molar-refractivity contribution in [2.75, 3.05) is 18.1 Å². The van der Waals surface area contributed by atoms with E-state index in [1.165, 1.54) is 22.3 Å². The summed E-state index contributed by atoms with van der Waals surface area (Å²) in [6.45, 7) is 0.887. The van der Waals surface area contributed by atoms with Crippen molar-refractivity contribution < 1.29 is 19.4 Å². The van der Waals surface area contributed by atoms with Gasteiger partial charge >= 0.3 is 12.1 Å². The number of aliphatic carboxylic acids is 1. The zero-order chi connectivity index (χ0) is 21.4. The highest BCUT2D eigenvalue weighted by molar-refractivity contribution is 5.89. The molecule has 1 aliphatic heterocycles. The lowest BCUT2D eigenvalue weighted by molar-refractivity contribution is -0.136. The maximum Gasteiger partial charge on any atom is 0.414 e. The van der Waals surface area contributed by atoms with Gasteiger partial charge in [-0.15, -0.1) is 0 Å². The molecule has 1 aliphatic carbocycles. The fraction of sp³-hybridized carbons (Fsp3) is 0.231. The highest BCUT2D eigenvalue weighted by Gasteiger charge is 2.30. The largest absolute Gasteiger partial charge is 0.481 e. The minimum atomic E-state index is -0.857. The van der Waals surface area contributed by atoms with Crippen molar-refractivity contribution >= 4 is 17.7 Å². The molecule has 5 heteroatoms. The number of ether oxygens (including phenoxy) is 1. The molecule has 5 nitrogen and oxygen atoms in total. The van der Waals surface area contributed by atoms with E-state index < -0.39 is 5.97 Å². The molecule has 31 heavy (non-hydrogen) atoms. The first-order chi connectivity index (χ1) is 15.1. The summed E-state index contributed by atoms with van der Waals surface area (Å²) in [7, 11) is 0. The summed E-state index contributed by atoms with van der Waals surface area (Å²) in [6.07, 6.45) is 1.29. The smallest absolute Gasteiger partial charge is 0.414 e. The Hall–Kier alpha value is -3.60. The van der Waals surface area contributed by atoms with Gasteiger partial charge in [0, 0.05) is 12.5 Å². The summed E-state index contributed by atoms with van der Waals surface area (Å²) >= 11 is 0. The number of carboxylic acid groups (broad SMARTS) is 1. The third kappa shape index (κ3) is 3.56. The first-order valence-electron chi connectivity index (χ1n) is 10.6. The van der Waals surface area contributed by atoms with Crippen LogP contribution in [-0.2, 0) is 22.4 Å². The van der Waals surface area contributed by atoms with Crippen LogP contribution < -0.4 is 4.90 Å². The van der Waals surface area contributed by atoms with E-state index in [1.54, 1.807) is 11.0 Å². The van der Waals surface area contributed by atoms with Gasteiger partial charge in [0.1, 0.15) is 6.61 Å². The molecule has 0 saturated heterocycles. The van der Waals surface area contributed by atoms with Crippen molar-refractivity contribution in [3.8, 4) is 11.1 Å². The van der Waals surface area contributed by atoms with Gasteiger partial charge in [-0.05, 0) is 52.3 Å². The highest BCUT2D eigenvalue weighted by atomic mass is 16.6. The van der Waals surface area contributed by atoms with Crippen LogP contribution in [0.1, 0.15) is 34.6 Å². The van der Waals surface area contributed by atoms with Gasteiger partial charge in [-0.2, -0.15) is 0 Å². The van der Waals surface area contributed by atoms with Crippen LogP contribution in [0.25, 0.3) is 11.1 Å². The van der Waals surface area contributed by atoms with Crippen LogP contribution in [0.15, 0.2) is 66.7 Å². The van der Waals surface area contributed by atoms with Crippen LogP contribution in [0.3, 0.4) is 0 Å². The number of amides is 1. The predicted octanol–water partition coefficient (Wildman–Crippen LogP) is 5.02. The van der Waals surface area contributed by atoms with Gasteiger partial charge in [0.25, 0.3) is 0 Å². The molecular formula is C26H23NO4. The van der Waals surface area contributed by atoms with Gasteiger partial charge in [0.05, 0.1) is 12.1 Å². The third-order valence-corrected chi connectivity index (χ3v) is 6.17. The number of carbonyl (C=O) groups is 2. The minimum absolute atomic E-state index is 0.0157. The Balaban J connectivity index is 1.35. The number of fused-ring (bicyclic) bond motifs is 4. The van der Waals surface area contributed by atoms with Gasteiger partial charge in [0.2, 0.25) is 0 Å². The SMILES string of the molecule is O=C(O)Cc1ccc2c(c1)CCCN2C(=O)OCC1c2ccccc2-c2ccccc21. The van der Waals surface area contributed by atoms with Crippen LogP contribution in [0.5, 0.6) is 0 Å². The molecule has 0 fully saturated rings. The lowest BCUT2D eigenvalue weighted by Gasteiger charge is -2.29. The molecule has 1 heterocycles. The quantitative estimate of drug-likeness (QED) is 0.653. The second-order valence-corrected chi connectivity index (χ2v) is 8.09. The van der Waals surface area contributed by atoms with Gasteiger partial charge in [-0.25, -0.2) is 4.79 Å². The van der Waals surface area contributed by atoms with E-state index >= 15 is 0 Å². The van der Waals surface area contributed by atoms with E-state index in [0.29, 0.717) is 6.54 Å². The molecule has 0 radical (unpaired) electrons. The number of hydrogen-bond acceptors (Lipinski definition) is 3. The minimum Gasteiger partial charge on any atom is -0.481 e. The molecule has 3 aromatic rings. The topological polar surface area (TPSA) is 66.8 Å². The Morgan fingerprint density at radius 1 is 0.968 bits per heavy atom. The number of carboxylic acids is 1. The number of anilines is 1. The molecule has 0 spiro atoms. The number of aryl methyl sites for hydroxylation is 1. The molecule has 0 aromatic heterocycles. The van der Waals surface area contributed by atoms with Crippen molar-refractivity contribution in [2.24, 2.45) is 0 Å². The molecule has 0 atom stereocenters. The van der Waals surface area contributed by atoms with Crippen molar-refractivity contribution in [3.63, 3.8) is 0 Å². The monoisotopic (exact) mass is 413 g/mol. The summed E-state index contributed by atoms with van der Waals surface area (Å²) in [5.74, 6) is -0.831. The second-order valence-electron chi connectivity index (χ2n) is 8.09. The summed E-state index contributed by atoms with van der Waals surface area (Å²) in [4.78, 5) is 25.7. The molecule has 0 unspecified atom stereocenters. The van der Waals surface area contributed by atoms with Crippen LogP contribution in [-0.4, -0.2) is 30.3 Å². The lowest BCUT2D eigenvalue weighted by Crippen LogP contribution is -2.36. The van der Waals surface area contributed by atoms with E-state index in [2.05, 4.69) is 24.3 Å². The van der Waals surface area contributed by atoms with Gasteiger partial charge in [0.15, 0.2) is 0 Å². The van der Waals surface area contributed by atoms with Crippen molar-refractivity contribution in [1.29, 1.82) is 0 Å². The van der Waals surface area contributed by atoms with Crippen LogP contribution in [0.4, 0.5) is 10.5 Å². The van der Waals surface area contributed by atoms with Crippen molar-refractivity contribution in [2.45, 2.75) is 25.2 Å². The number of carbonyl (C=O) groups excluding carboxylic acids is 1. The maximum atomic E-state index is 13.0. The molecule has 156 valence electrons. The Morgan fingerprint density at radius 2 is 1.65 bits per heavy atom. The standard InChI is InChI=1S/C26H23NO4/c28-25(29)15-17-11-12-24-18(14-17)6-5-13-27(24)26(30)31-16-23-21-9-3-1-7-19(21)20-8-2-4-10-22(20)23/h1-4,7-12,14,23H,5-6,13,15-16H2,(H,28,29). The maximum absolute atomic E-state index is 13.0. The molecule has 0 saturated carbocycles. The molecule has 1 amide bonds. The first-order valence-corrected chi connectivity index (χ1v) is 10.6. The molecule has 3 aromatic carbocycles. The average molecular weight is 413 g/mol. The van der Waals surface area contributed by atoms with Crippen LogP contribution >= 0.6 is 0 Å². The van der Waals surface area contributed by atoms with E-state index in [0.717, 1.165) is 29.7 Å². The van der Waals surface area contributed by atoms with Crippen LogP contribution in [0, 0.1) is 0 Å². The van der Waals surface area contributed by atoms with Crippen LogP contribution in [0.2, 0.25) is 0 Å². The fourth-order valence-electron chi connectivity index (χ4n) is 4.80. The zero-order valence-electron chi connectivity index (χ0n) is 17.1. The lowest BCUT2D eigenvalue weighted by atomic mass is 9.98. The second kappa shape index (κ2) is 7.91. The Kier molecular flexibility index (Phi) is 4.94. The predicted molar refractivity (Wildman–Crippen MR) is 119 cm³/mol. The molecule has 1 N–H and O–H groups in total. The number of benzene rings is 3. The van der Waals surface area contributed by atoms with E-state index in [9.17, 15) is 9.59 Å². The van der Waals surface area contributed by atoms with E-state index in [-0.39, 0.29) is 25.0 Å². The third-order valence-electron chi connectivity index (χ3n) is 6.17. The van der Waals surface area contributed by atoms with Gasteiger partial charge < -0.3 is 9.84 Å².